The number of benzene rings is 1. The molecule has 2 fully saturated rings. The van der Waals surface area contributed by atoms with Crippen molar-refractivity contribution in [1.29, 1.82) is 0 Å². The van der Waals surface area contributed by atoms with E-state index in [1.807, 2.05) is 6.07 Å². The van der Waals surface area contributed by atoms with Gasteiger partial charge in [-0.05, 0) is 31.0 Å². The summed E-state index contributed by atoms with van der Waals surface area (Å²) >= 11 is 3.32. The van der Waals surface area contributed by atoms with Crippen LogP contribution in [0.15, 0.2) is 33.6 Å². The van der Waals surface area contributed by atoms with Crippen molar-refractivity contribution in [2.45, 2.75) is 23.8 Å². The summed E-state index contributed by atoms with van der Waals surface area (Å²) in [5, 5.41) is 0. The van der Waals surface area contributed by atoms with Gasteiger partial charge in [0, 0.05) is 36.7 Å². The smallest absolute Gasteiger partial charge is 0.243 e. The van der Waals surface area contributed by atoms with E-state index in [1.54, 1.807) is 22.5 Å². The molecule has 0 atom stereocenters. The molecule has 1 aliphatic heterocycles. The van der Waals surface area contributed by atoms with E-state index in [9.17, 15) is 8.42 Å². The fourth-order valence-electron chi connectivity index (χ4n) is 2.53. The molecule has 3 rings (SSSR count). The third-order valence-corrected chi connectivity index (χ3v) is 6.16. The van der Waals surface area contributed by atoms with E-state index in [-0.39, 0.29) is 0 Å². The quantitative estimate of drug-likeness (QED) is 0.840. The Bertz CT molecular complexity index is 564. The SMILES string of the molecule is O=S(=O)(c1cccc(Br)c1)N1CCN(C2CC2)CC1. The first-order valence-electron chi connectivity index (χ1n) is 6.57. The van der Waals surface area contributed by atoms with Crippen LogP contribution >= 0.6 is 15.9 Å². The zero-order chi connectivity index (χ0) is 13.5. The maximum atomic E-state index is 12.5. The Morgan fingerprint density at radius 2 is 1.79 bits per heavy atom. The van der Waals surface area contributed by atoms with Crippen molar-refractivity contribution >= 4 is 26.0 Å². The minimum absolute atomic E-state index is 0.377. The summed E-state index contributed by atoms with van der Waals surface area (Å²) in [5.41, 5.74) is 0. The van der Waals surface area contributed by atoms with Gasteiger partial charge in [-0.2, -0.15) is 4.31 Å². The van der Waals surface area contributed by atoms with Gasteiger partial charge in [0.25, 0.3) is 0 Å². The molecule has 1 saturated carbocycles. The van der Waals surface area contributed by atoms with E-state index in [0.717, 1.165) is 23.6 Å². The maximum Gasteiger partial charge on any atom is 0.243 e. The normalized spacial score (nSPS) is 22.6. The van der Waals surface area contributed by atoms with Gasteiger partial charge in [0.15, 0.2) is 0 Å². The van der Waals surface area contributed by atoms with Gasteiger partial charge in [0.1, 0.15) is 0 Å². The van der Waals surface area contributed by atoms with Crippen molar-refractivity contribution in [3.05, 3.63) is 28.7 Å². The molecular weight excluding hydrogens is 328 g/mol. The highest BCUT2D eigenvalue weighted by molar-refractivity contribution is 9.10. The first-order chi connectivity index (χ1) is 9.07. The molecule has 6 heteroatoms. The van der Waals surface area contributed by atoms with E-state index in [0.29, 0.717) is 18.0 Å². The Morgan fingerprint density at radius 3 is 2.37 bits per heavy atom. The third kappa shape index (κ3) is 2.86. The van der Waals surface area contributed by atoms with Gasteiger partial charge in [-0.15, -0.1) is 0 Å². The summed E-state index contributed by atoms with van der Waals surface area (Å²) in [7, 11) is -3.34. The third-order valence-electron chi connectivity index (χ3n) is 3.77. The summed E-state index contributed by atoms with van der Waals surface area (Å²) in [5.74, 6) is 0. The van der Waals surface area contributed by atoms with Crippen molar-refractivity contribution in [3.63, 3.8) is 0 Å². The predicted molar refractivity (Wildman–Crippen MR) is 77.5 cm³/mol. The van der Waals surface area contributed by atoms with E-state index in [4.69, 9.17) is 0 Å². The van der Waals surface area contributed by atoms with Crippen molar-refractivity contribution in [1.82, 2.24) is 9.21 Å². The molecule has 1 aromatic rings. The van der Waals surface area contributed by atoms with Crippen molar-refractivity contribution in [2.24, 2.45) is 0 Å². The van der Waals surface area contributed by atoms with Gasteiger partial charge in [0.2, 0.25) is 10.0 Å². The molecule has 0 spiro atoms. The zero-order valence-electron chi connectivity index (χ0n) is 10.6. The molecule has 1 aromatic carbocycles. The number of halogens is 1. The van der Waals surface area contributed by atoms with Crippen molar-refractivity contribution in [2.75, 3.05) is 26.2 Å². The lowest BCUT2D eigenvalue weighted by Gasteiger charge is -2.34. The molecule has 0 aromatic heterocycles. The van der Waals surface area contributed by atoms with Crippen LogP contribution < -0.4 is 0 Å². The molecule has 0 N–H and O–H groups in total. The highest BCUT2D eigenvalue weighted by atomic mass is 79.9. The minimum atomic E-state index is -3.34. The first-order valence-corrected chi connectivity index (χ1v) is 8.80. The van der Waals surface area contributed by atoms with Crippen LogP contribution in [0.4, 0.5) is 0 Å². The lowest BCUT2D eigenvalue weighted by molar-refractivity contribution is 0.180. The molecule has 4 nitrogen and oxygen atoms in total. The van der Waals surface area contributed by atoms with E-state index in [2.05, 4.69) is 20.8 Å². The number of piperazine rings is 1. The van der Waals surface area contributed by atoms with Crippen LogP contribution in [-0.2, 0) is 10.0 Å². The highest BCUT2D eigenvalue weighted by Crippen LogP contribution is 2.28. The summed E-state index contributed by atoms with van der Waals surface area (Å²) in [4.78, 5) is 2.79. The number of hydrogen-bond donors (Lipinski definition) is 0. The van der Waals surface area contributed by atoms with E-state index < -0.39 is 10.0 Å². The van der Waals surface area contributed by atoms with E-state index >= 15 is 0 Å². The molecule has 19 heavy (non-hydrogen) atoms. The maximum absolute atomic E-state index is 12.5. The molecule has 0 bridgehead atoms. The molecule has 1 saturated heterocycles. The Labute approximate surface area is 122 Å². The Hall–Kier alpha value is -0.430. The fraction of sp³-hybridized carbons (Fsp3) is 0.538. The molecule has 1 heterocycles. The van der Waals surface area contributed by atoms with Gasteiger partial charge in [-0.1, -0.05) is 22.0 Å². The summed E-state index contributed by atoms with van der Waals surface area (Å²) in [6.45, 7) is 2.92. The molecule has 0 radical (unpaired) electrons. The van der Waals surface area contributed by atoms with Gasteiger partial charge >= 0.3 is 0 Å². The summed E-state index contributed by atoms with van der Waals surface area (Å²) in [6, 6.07) is 7.65. The van der Waals surface area contributed by atoms with Crippen LogP contribution in [0.1, 0.15) is 12.8 Å². The number of sulfonamides is 1. The van der Waals surface area contributed by atoms with Gasteiger partial charge < -0.3 is 0 Å². The molecular formula is C13H17BrN2O2S. The molecule has 0 unspecified atom stereocenters. The van der Waals surface area contributed by atoms with Crippen LogP contribution in [0.5, 0.6) is 0 Å². The van der Waals surface area contributed by atoms with Crippen LogP contribution in [0, 0.1) is 0 Å². The second-order valence-electron chi connectivity index (χ2n) is 5.13. The van der Waals surface area contributed by atoms with Crippen LogP contribution in [0.25, 0.3) is 0 Å². The van der Waals surface area contributed by atoms with Gasteiger partial charge in [-0.3, -0.25) is 4.90 Å². The molecule has 104 valence electrons. The molecule has 1 aliphatic carbocycles. The topological polar surface area (TPSA) is 40.6 Å². The zero-order valence-corrected chi connectivity index (χ0v) is 13.0. The van der Waals surface area contributed by atoms with Crippen LogP contribution in [0.3, 0.4) is 0 Å². The lowest BCUT2D eigenvalue weighted by Crippen LogP contribution is -2.49. The summed E-state index contributed by atoms with van der Waals surface area (Å²) in [6.07, 6.45) is 2.55. The fourth-order valence-corrected chi connectivity index (χ4v) is 4.54. The average Bonchev–Trinajstić information content (AvgIpc) is 3.23. The second-order valence-corrected chi connectivity index (χ2v) is 7.98. The monoisotopic (exact) mass is 344 g/mol. The van der Waals surface area contributed by atoms with Crippen LogP contribution in [0.2, 0.25) is 0 Å². The largest absolute Gasteiger partial charge is 0.298 e. The van der Waals surface area contributed by atoms with Gasteiger partial charge in [-0.25, -0.2) is 8.42 Å². The van der Waals surface area contributed by atoms with Crippen molar-refractivity contribution < 1.29 is 8.42 Å². The Kier molecular flexibility index (Phi) is 3.68. The Morgan fingerprint density at radius 1 is 1.11 bits per heavy atom. The number of rotatable bonds is 3. The second kappa shape index (κ2) is 5.16. The van der Waals surface area contributed by atoms with Gasteiger partial charge in [0.05, 0.1) is 4.90 Å². The minimum Gasteiger partial charge on any atom is -0.298 e. The summed E-state index contributed by atoms with van der Waals surface area (Å²) < 4.78 is 27.4. The molecule has 0 amide bonds. The first kappa shape index (κ1) is 13.5. The van der Waals surface area contributed by atoms with Crippen molar-refractivity contribution in [3.8, 4) is 0 Å². The number of nitrogens with zero attached hydrogens (tertiary/aromatic N) is 2. The standard InChI is InChI=1S/C13H17BrN2O2S/c14-11-2-1-3-13(10-11)19(17,18)16-8-6-15(7-9-16)12-4-5-12/h1-3,10,12H,4-9H2. The highest BCUT2D eigenvalue weighted by Gasteiger charge is 2.34. The predicted octanol–water partition coefficient (Wildman–Crippen LogP) is 1.92. The van der Waals surface area contributed by atoms with E-state index in [1.165, 1.54) is 12.8 Å². The Balaban J connectivity index is 1.74. The lowest BCUT2D eigenvalue weighted by atomic mass is 10.3. The molecule has 2 aliphatic rings. The van der Waals surface area contributed by atoms with Crippen LogP contribution in [-0.4, -0.2) is 49.8 Å². The average molecular weight is 345 g/mol. The number of hydrogen-bond acceptors (Lipinski definition) is 3.